The number of pyridine rings is 1. The molecule has 34 heavy (non-hydrogen) atoms. The second-order valence-corrected chi connectivity index (χ2v) is 7.94. The molecule has 4 rings (SSSR count). The van der Waals surface area contributed by atoms with Gasteiger partial charge in [-0.15, -0.1) is 0 Å². The van der Waals surface area contributed by atoms with Gasteiger partial charge in [-0.25, -0.2) is 13.6 Å². The molecule has 1 saturated heterocycles. The molecule has 0 radical (unpaired) electrons. The molecule has 0 atom stereocenters. The maximum atomic E-state index is 13.5. The number of aromatic nitrogens is 1. The quantitative estimate of drug-likeness (QED) is 0.498. The number of hydrogen-bond donors (Lipinski definition) is 1. The summed E-state index contributed by atoms with van der Waals surface area (Å²) in [5.41, 5.74) is -0.997. The van der Waals surface area contributed by atoms with Gasteiger partial charge < -0.3 is 14.4 Å². The lowest BCUT2D eigenvalue weighted by Gasteiger charge is -2.31. The maximum Gasteiger partial charge on any atom is 0.416 e. The van der Waals surface area contributed by atoms with Crippen molar-refractivity contribution in [3.05, 3.63) is 47.7 Å². The van der Waals surface area contributed by atoms with Crippen LogP contribution in [0.4, 0.5) is 32.6 Å². The molecule has 1 aromatic carbocycles. The number of carbonyl (C=O) groups excluding carboxylic acids is 1. The third kappa shape index (κ3) is 4.52. The second-order valence-electron chi connectivity index (χ2n) is 7.94. The molecule has 0 bridgehead atoms. The van der Waals surface area contributed by atoms with E-state index in [9.17, 15) is 31.5 Å². The van der Waals surface area contributed by atoms with Crippen LogP contribution < -0.4 is 4.90 Å². The van der Waals surface area contributed by atoms with Gasteiger partial charge in [0.25, 0.3) is 11.8 Å². The summed E-state index contributed by atoms with van der Waals surface area (Å²) in [6.07, 6.45) is -5.80. The highest BCUT2D eigenvalue weighted by Gasteiger charge is 2.36. The van der Waals surface area contributed by atoms with E-state index in [4.69, 9.17) is 9.52 Å². The zero-order valence-electron chi connectivity index (χ0n) is 17.7. The highest BCUT2D eigenvalue weighted by molar-refractivity contribution is 5.98. The Morgan fingerprint density at radius 3 is 2.38 bits per heavy atom. The number of benzene rings is 1. The van der Waals surface area contributed by atoms with E-state index >= 15 is 0 Å². The summed E-state index contributed by atoms with van der Waals surface area (Å²) in [5.74, 6) is -3.50. The van der Waals surface area contributed by atoms with E-state index in [2.05, 4.69) is 4.98 Å². The van der Waals surface area contributed by atoms with Crippen LogP contribution in [0.15, 0.2) is 40.9 Å². The number of alkyl halides is 5. The fourth-order valence-corrected chi connectivity index (χ4v) is 3.66. The zero-order chi connectivity index (χ0) is 24.8. The first-order chi connectivity index (χ1) is 15.9. The molecule has 0 unspecified atom stereocenters. The third-order valence-electron chi connectivity index (χ3n) is 5.64. The Morgan fingerprint density at radius 2 is 1.82 bits per heavy atom. The van der Waals surface area contributed by atoms with Gasteiger partial charge >= 0.3 is 12.3 Å². The molecule has 3 aromatic rings. The highest BCUT2D eigenvalue weighted by Crippen LogP contribution is 2.39. The number of piperidine rings is 1. The van der Waals surface area contributed by atoms with Crippen molar-refractivity contribution in [1.29, 1.82) is 0 Å². The lowest BCUT2D eigenvalue weighted by molar-refractivity contribution is -0.137. The summed E-state index contributed by atoms with van der Waals surface area (Å²) >= 11 is 0. The molecule has 2 aromatic heterocycles. The SMILES string of the molecule is CN(C(=O)O)c1cc2c(-c3ccc(C(=O)N4CCC(F)(F)CC4)cn3)cc(C(F)(F)F)cc2o1. The number of fused-ring (bicyclic) bond motifs is 1. The summed E-state index contributed by atoms with van der Waals surface area (Å²) < 4.78 is 72.4. The first-order valence-corrected chi connectivity index (χ1v) is 10.1. The van der Waals surface area contributed by atoms with Crippen molar-refractivity contribution in [3.8, 4) is 11.3 Å². The van der Waals surface area contributed by atoms with Crippen LogP contribution in [0, 0.1) is 0 Å². The number of nitrogens with zero attached hydrogens (tertiary/aromatic N) is 3. The topological polar surface area (TPSA) is 86.9 Å². The smallest absolute Gasteiger partial charge is 0.416 e. The highest BCUT2D eigenvalue weighted by atomic mass is 19.4. The summed E-state index contributed by atoms with van der Waals surface area (Å²) in [4.78, 5) is 30.0. The molecule has 1 fully saturated rings. The molecule has 7 nitrogen and oxygen atoms in total. The molecule has 0 aliphatic carbocycles. The Hall–Kier alpha value is -3.70. The second kappa shape index (κ2) is 8.26. The van der Waals surface area contributed by atoms with E-state index in [0.717, 1.165) is 12.1 Å². The summed E-state index contributed by atoms with van der Waals surface area (Å²) in [7, 11) is 1.18. The number of carbonyl (C=O) groups is 2. The standard InChI is InChI=1S/C22H18F5N3O4/c1-29(20(32)33)18-10-15-14(8-13(22(25,26)27)9-17(15)34-18)16-3-2-12(11-28-16)19(31)30-6-4-21(23,24)5-7-30/h2-3,8-11H,4-7H2,1H3,(H,32,33). The van der Waals surface area contributed by atoms with Crippen molar-refractivity contribution in [2.75, 3.05) is 25.0 Å². The van der Waals surface area contributed by atoms with Gasteiger partial charge in [0.2, 0.25) is 5.88 Å². The van der Waals surface area contributed by atoms with Crippen LogP contribution in [0.25, 0.3) is 22.2 Å². The molecule has 180 valence electrons. The molecular formula is C22H18F5N3O4. The largest absolute Gasteiger partial charge is 0.465 e. The number of hydrogen-bond acceptors (Lipinski definition) is 4. The lowest BCUT2D eigenvalue weighted by atomic mass is 10.0. The third-order valence-corrected chi connectivity index (χ3v) is 5.64. The Kier molecular flexibility index (Phi) is 5.70. The van der Waals surface area contributed by atoms with E-state index in [1.54, 1.807) is 0 Å². The van der Waals surface area contributed by atoms with Crippen molar-refractivity contribution in [2.45, 2.75) is 24.9 Å². The number of amides is 2. The first kappa shape index (κ1) is 23.5. The van der Waals surface area contributed by atoms with Crippen LogP contribution in [0.3, 0.4) is 0 Å². The van der Waals surface area contributed by atoms with Gasteiger partial charge in [0.15, 0.2) is 0 Å². The normalized spacial score (nSPS) is 16.0. The van der Waals surface area contributed by atoms with Crippen LogP contribution in [0.1, 0.15) is 28.8 Å². The average molecular weight is 483 g/mol. The number of carboxylic acid groups (broad SMARTS) is 1. The average Bonchev–Trinajstić information content (AvgIpc) is 3.21. The van der Waals surface area contributed by atoms with Crippen LogP contribution in [-0.4, -0.2) is 53.1 Å². The van der Waals surface area contributed by atoms with Crippen molar-refractivity contribution >= 4 is 28.9 Å². The Morgan fingerprint density at radius 1 is 1.15 bits per heavy atom. The van der Waals surface area contributed by atoms with Crippen LogP contribution in [0.5, 0.6) is 0 Å². The number of likely N-dealkylation sites (tertiary alicyclic amines) is 1. The molecule has 3 heterocycles. The van der Waals surface area contributed by atoms with Gasteiger partial charge in [-0.1, -0.05) is 0 Å². The summed E-state index contributed by atoms with van der Waals surface area (Å²) in [5, 5.41) is 9.34. The van der Waals surface area contributed by atoms with Crippen LogP contribution in [-0.2, 0) is 6.18 Å². The van der Waals surface area contributed by atoms with Crippen molar-refractivity contribution < 1.29 is 41.1 Å². The van der Waals surface area contributed by atoms with Crippen molar-refractivity contribution in [1.82, 2.24) is 9.88 Å². The molecule has 0 spiro atoms. The minimum absolute atomic E-state index is 0.0234. The predicted molar refractivity (Wildman–Crippen MR) is 111 cm³/mol. The maximum absolute atomic E-state index is 13.5. The molecule has 1 N–H and O–H groups in total. The van der Waals surface area contributed by atoms with E-state index in [-0.39, 0.29) is 46.8 Å². The van der Waals surface area contributed by atoms with Crippen LogP contribution >= 0.6 is 0 Å². The Labute approximate surface area is 189 Å². The number of halogens is 5. The molecular weight excluding hydrogens is 465 g/mol. The monoisotopic (exact) mass is 483 g/mol. The molecule has 1 aliphatic heterocycles. The first-order valence-electron chi connectivity index (χ1n) is 10.1. The molecule has 1 aliphatic rings. The minimum atomic E-state index is -4.71. The van der Waals surface area contributed by atoms with E-state index in [0.29, 0.717) is 4.90 Å². The predicted octanol–water partition coefficient (Wildman–Crippen LogP) is 5.50. The number of furan rings is 1. The van der Waals surface area contributed by atoms with Gasteiger partial charge in [-0.2, -0.15) is 13.2 Å². The van der Waals surface area contributed by atoms with E-state index < -0.39 is 42.5 Å². The summed E-state index contributed by atoms with van der Waals surface area (Å²) in [6.45, 7) is -0.229. The molecule has 2 amide bonds. The number of rotatable bonds is 3. The fourth-order valence-electron chi connectivity index (χ4n) is 3.66. The van der Waals surface area contributed by atoms with E-state index in [1.165, 1.54) is 36.3 Å². The Bertz CT molecular complexity index is 1240. The zero-order valence-corrected chi connectivity index (χ0v) is 17.7. The van der Waals surface area contributed by atoms with Crippen molar-refractivity contribution in [3.63, 3.8) is 0 Å². The minimum Gasteiger partial charge on any atom is -0.465 e. The molecule has 12 heteroatoms. The van der Waals surface area contributed by atoms with E-state index in [1.807, 2.05) is 0 Å². The lowest BCUT2D eigenvalue weighted by Crippen LogP contribution is -2.42. The van der Waals surface area contributed by atoms with Gasteiger partial charge in [0.1, 0.15) is 5.58 Å². The van der Waals surface area contributed by atoms with Gasteiger partial charge in [0.05, 0.1) is 16.8 Å². The van der Waals surface area contributed by atoms with Gasteiger partial charge in [-0.3, -0.25) is 14.7 Å². The Balaban J connectivity index is 1.71. The van der Waals surface area contributed by atoms with Crippen LogP contribution in [0.2, 0.25) is 0 Å². The number of anilines is 1. The van der Waals surface area contributed by atoms with Gasteiger partial charge in [0, 0.05) is 56.2 Å². The van der Waals surface area contributed by atoms with Crippen molar-refractivity contribution in [2.24, 2.45) is 0 Å². The van der Waals surface area contributed by atoms with Gasteiger partial charge in [-0.05, 0) is 24.3 Å². The fraction of sp³-hybridized carbons (Fsp3) is 0.318. The summed E-state index contributed by atoms with van der Waals surface area (Å²) in [6, 6.07) is 5.61. The molecule has 0 saturated carbocycles.